The van der Waals surface area contributed by atoms with Crippen molar-refractivity contribution in [2.75, 3.05) is 7.11 Å². The molecule has 0 aromatic carbocycles. The third kappa shape index (κ3) is 2.31. The molecule has 20 heavy (non-hydrogen) atoms. The maximum absolute atomic E-state index is 14.3. The van der Waals surface area contributed by atoms with E-state index >= 15 is 0 Å². The lowest BCUT2D eigenvalue weighted by Gasteiger charge is -2.32. The van der Waals surface area contributed by atoms with Crippen LogP contribution in [0.25, 0.3) is 0 Å². The summed E-state index contributed by atoms with van der Waals surface area (Å²) in [5.41, 5.74) is -1.41. The first kappa shape index (κ1) is 14.9. The average Bonchev–Trinajstić information content (AvgIpc) is 2.57. The smallest absolute Gasteiger partial charge is 0.464 e. The van der Waals surface area contributed by atoms with Crippen molar-refractivity contribution in [1.82, 2.24) is 4.98 Å². The topological polar surface area (TPSA) is 57.7 Å². The fourth-order valence-electron chi connectivity index (χ4n) is 1.85. The Balaban J connectivity index is 2.39. The number of carbonyl (C=O) groups is 1. The van der Waals surface area contributed by atoms with Crippen molar-refractivity contribution in [3.05, 3.63) is 23.8 Å². The number of hydrogen-bond donors (Lipinski definition) is 0. The number of carbonyl (C=O) groups excluding carboxylic acids is 1. The van der Waals surface area contributed by atoms with Crippen LogP contribution in [0, 0.1) is 5.82 Å². The number of hydrogen-bond acceptors (Lipinski definition) is 5. The first-order chi connectivity index (χ1) is 9.19. The Morgan fingerprint density at radius 2 is 1.85 bits per heavy atom. The molecule has 0 unspecified atom stereocenters. The van der Waals surface area contributed by atoms with Gasteiger partial charge < -0.3 is 14.0 Å². The van der Waals surface area contributed by atoms with Crippen LogP contribution in [0.5, 0.6) is 0 Å². The molecule has 1 aliphatic heterocycles. The van der Waals surface area contributed by atoms with Crippen LogP contribution >= 0.6 is 0 Å². The van der Waals surface area contributed by atoms with E-state index in [-0.39, 0.29) is 11.2 Å². The molecule has 1 saturated heterocycles. The minimum Gasteiger partial charge on any atom is -0.464 e. The largest absolute Gasteiger partial charge is 0.497 e. The molecule has 0 spiro atoms. The van der Waals surface area contributed by atoms with Crippen LogP contribution in [-0.4, -0.2) is 36.4 Å². The Bertz CT molecular complexity index is 531. The molecule has 0 amide bonds. The number of nitrogens with zero attached hydrogens (tertiary/aromatic N) is 1. The normalized spacial score (nSPS) is 20.0. The van der Waals surface area contributed by atoms with Gasteiger partial charge in [-0.3, -0.25) is 0 Å². The number of rotatable bonds is 2. The van der Waals surface area contributed by atoms with Gasteiger partial charge in [0.05, 0.1) is 18.3 Å². The highest BCUT2D eigenvalue weighted by atomic mass is 19.1. The fourth-order valence-corrected chi connectivity index (χ4v) is 1.85. The van der Waals surface area contributed by atoms with E-state index in [0.717, 1.165) is 0 Å². The van der Waals surface area contributed by atoms with Gasteiger partial charge in [0, 0.05) is 11.7 Å². The summed E-state index contributed by atoms with van der Waals surface area (Å²) in [5, 5.41) is 0. The van der Waals surface area contributed by atoms with E-state index in [4.69, 9.17) is 9.31 Å². The first-order valence-corrected chi connectivity index (χ1v) is 6.28. The summed E-state index contributed by atoms with van der Waals surface area (Å²) in [6.07, 6.45) is 1.33. The molecule has 0 N–H and O–H groups in total. The lowest BCUT2D eigenvalue weighted by atomic mass is 9.79. The molecule has 0 radical (unpaired) electrons. The zero-order valence-electron chi connectivity index (χ0n) is 12.2. The number of pyridine rings is 1. The van der Waals surface area contributed by atoms with Gasteiger partial charge in [-0.25, -0.2) is 14.2 Å². The van der Waals surface area contributed by atoms with Crippen molar-refractivity contribution in [2.45, 2.75) is 38.9 Å². The molecule has 2 rings (SSSR count). The predicted molar refractivity (Wildman–Crippen MR) is 71.3 cm³/mol. The summed E-state index contributed by atoms with van der Waals surface area (Å²) in [6, 6.07) is 1.43. The standard InChI is InChI=1S/C13H17BFNO4/c1-12(2)13(3,4)20-14(19-12)8-6-7-16-10(9(8)15)11(17)18-5/h6-7H,1-5H3. The second-order valence-corrected chi connectivity index (χ2v) is 5.64. The fraction of sp³-hybridized carbons (Fsp3) is 0.538. The second-order valence-electron chi connectivity index (χ2n) is 5.64. The Labute approximate surface area is 117 Å². The van der Waals surface area contributed by atoms with Crippen LogP contribution in [0.4, 0.5) is 4.39 Å². The number of halogens is 1. The monoisotopic (exact) mass is 281 g/mol. The maximum atomic E-state index is 14.3. The predicted octanol–water partition coefficient (Wildman–Crippen LogP) is 1.31. The Morgan fingerprint density at radius 3 is 2.35 bits per heavy atom. The van der Waals surface area contributed by atoms with Crippen LogP contribution in [0.15, 0.2) is 12.3 Å². The van der Waals surface area contributed by atoms with Gasteiger partial charge in [-0.15, -0.1) is 0 Å². The summed E-state index contributed by atoms with van der Waals surface area (Å²) in [6.45, 7) is 7.47. The zero-order chi connectivity index (χ0) is 15.1. The molecule has 0 aliphatic carbocycles. The van der Waals surface area contributed by atoms with Crippen molar-refractivity contribution in [3.63, 3.8) is 0 Å². The van der Waals surface area contributed by atoms with Crippen LogP contribution in [0.2, 0.25) is 0 Å². The summed E-state index contributed by atoms with van der Waals surface area (Å²) in [4.78, 5) is 15.1. The van der Waals surface area contributed by atoms with Gasteiger partial charge in [-0.1, -0.05) is 0 Å². The van der Waals surface area contributed by atoms with Crippen molar-refractivity contribution in [3.8, 4) is 0 Å². The molecule has 2 heterocycles. The quantitative estimate of drug-likeness (QED) is 0.604. The zero-order valence-corrected chi connectivity index (χ0v) is 12.2. The van der Waals surface area contributed by atoms with Gasteiger partial charge >= 0.3 is 13.1 Å². The van der Waals surface area contributed by atoms with E-state index < -0.39 is 30.1 Å². The number of ether oxygens (including phenoxy) is 1. The molecule has 5 nitrogen and oxygen atoms in total. The molecule has 108 valence electrons. The van der Waals surface area contributed by atoms with Gasteiger partial charge in [-0.05, 0) is 33.8 Å². The van der Waals surface area contributed by atoms with Crippen LogP contribution < -0.4 is 5.46 Å². The summed E-state index contributed by atoms with van der Waals surface area (Å²) in [7, 11) is 0.289. The minimum absolute atomic E-state index is 0.138. The van der Waals surface area contributed by atoms with E-state index in [1.165, 1.54) is 19.4 Å². The summed E-state index contributed by atoms with van der Waals surface area (Å²) >= 11 is 0. The van der Waals surface area contributed by atoms with Gasteiger partial charge in [0.15, 0.2) is 11.5 Å². The number of methoxy groups -OCH3 is 1. The highest BCUT2D eigenvalue weighted by molar-refractivity contribution is 6.62. The van der Waals surface area contributed by atoms with Crippen molar-refractivity contribution in [1.29, 1.82) is 0 Å². The lowest BCUT2D eigenvalue weighted by Crippen LogP contribution is -2.41. The average molecular weight is 281 g/mol. The molecule has 7 heteroatoms. The SMILES string of the molecule is COC(=O)c1nccc(B2OC(C)(C)C(C)(C)O2)c1F. The number of esters is 1. The van der Waals surface area contributed by atoms with Crippen LogP contribution in [0.3, 0.4) is 0 Å². The maximum Gasteiger partial charge on any atom is 0.497 e. The second kappa shape index (κ2) is 4.82. The van der Waals surface area contributed by atoms with Gasteiger partial charge in [0.1, 0.15) is 0 Å². The van der Waals surface area contributed by atoms with Crippen LogP contribution in [0.1, 0.15) is 38.2 Å². The van der Waals surface area contributed by atoms with E-state index in [1.54, 1.807) is 0 Å². The van der Waals surface area contributed by atoms with E-state index in [2.05, 4.69) is 9.72 Å². The molecule has 1 fully saturated rings. The van der Waals surface area contributed by atoms with Crippen molar-refractivity contribution in [2.24, 2.45) is 0 Å². The number of aromatic nitrogens is 1. The third-order valence-electron chi connectivity index (χ3n) is 3.81. The molecular formula is C13H17BFNO4. The van der Waals surface area contributed by atoms with E-state index in [0.29, 0.717) is 0 Å². The van der Waals surface area contributed by atoms with Crippen molar-refractivity contribution >= 4 is 18.6 Å². The van der Waals surface area contributed by atoms with Crippen LogP contribution in [-0.2, 0) is 14.0 Å². The highest BCUT2D eigenvalue weighted by Crippen LogP contribution is 2.36. The Hall–Kier alpha value is -1.47. The molecule has 1 aromatic rings. The Morgan fingerprint density at radius 1 is 1.30 bits per heavy atom. The summed E-state index contributed by atoms with van der Waals surface area (Å²) in [5.74, 6) is -1.61. The first-order valence-electron chi connectivity index (χ1n) is 6.28. The lowest BCUT2D eigenvalue weighted by molar-refractivity contribution is 0.00578. The molecule has 1 aromatic heterocycles. The highest BCUT2D eigenvalue weighted by Gasteiger charge is 2.52. The molecular weight excluding hydrogens is 264 g/mol. The molecule has 0 atom stereocenters. The van der Waals surface area contributed by atoms with E-state index in [1.807, 2.05) is 27.7 Å². The Kier molecular flexibility index (Phi) is 3.60. The van der Waals surface area contributed by atoms with Crippen molar-refractivity contribution < 1.29 is 23.2 Å². The van der Waals surface area contributed by atoms with E-state index in [9.17, 15) is 9.18 Å². The molecule has 0 saturated carbocycles. The molecule has 0 bridgehead atoms. The van der Waals surface area contributed by atoms with Gasteiger partial charge in [0.25, 0.3) is 0 Å². The molecule has 1 aliphatic rings. The minimum atomic E-state index is -0.883. The summed E-state index contributed by atoms with van der Waals surface area (Å²) < 4.78 is 30.4. The van der Waals surface area contributed by atoms with Gasteiger partial charge in [-0.2, -0.15) is 0 Å². The third-order valence-corrected chi connectivity index (χ3v) is 3.81. The van der Waals surface area contributed by atoms with Gasteiger partial charge in [0.2, 0.25) is 0 Å².